The number of hydrogen-bond acceptors (Lipinski definition) is 5. The van der Waals surface area contributed by atoms with Gasteiger partial charge in [0.2, 0.25) is 0 Å². The second-order valence-corrected chi connectivity index (χ2v) is 4.16. The molecule has 2 unspecified atom stereocenters. The first-order valence-corrected chi connectivity index (χ1v) is 5.89. The molecule has 1 aliphatic rings. The van der Waals surface area contributed by atoms with Crippen molar-refractivity contribution >= 4 is 11.8 Å². The van der Waals surface area contributed by atoms with Crippen LogP contribution in [-0.4, -0.2) is 28.8 Å². The molecule has 2 rings (SSSR count). The summed E-state index contributed by atoms with van der Waals surface area (Å²) in [4.78, 5) is 8.66. The van der Waals surface area contributed by atoms with E-state index in [9.17, 15) is 0 Å². The van der Waals surface area contributed by atoms with Crippen molar-refractivity contribution in [1.82, 2.24) is 20.8 Å². The van der Waals surface area contributed by atoms with Gasteiger partial charge in [0, 0.05) is 24.7 Å². The summed E-state index contributed by atoms with van der Waals surface area (Å²) < 4.78 is 0. The number of thioether (sulfide) groups is 1. The van der Waals surface area contributed by atoms with Gasteiger partial charge in [-0.15, -0.1) is 0 Å². The summed E-state index contributed by atoms with van der Waals surface area (Å²) in [6.07, 6.45) is 3.83. The number of nitrogens with zero attached hydrogens (tertiary/aromatic N) is 2. The molecule has 0 bridgehead atoms. The first-order chi connectivity index (χ1) is 6.81. The molecule has 76 valence electrons. The number of rotatable bonds is 2. The zero-order valence-corrected chi connectivity index (χ0v) is 9.14. The highest BCUT2D eigenvalue weighted by Crippen LogP contribution is 2.21. The van der Waals surface area contributed by atoms with Crippen molar-refractivity contribution in [2.45, 2.75) is 24.0 Å². The lowest BCUT2D eigenvalue weighted by atomic mass is 10.00. The lowest BCUT2D eigenvalue weighted by molar-refractivity contribution is 0.561. The first-order valence-electron chi connectivity index (χ1n) is 4.66. The molecule has 0 spiro atoms. The molecule has 1 saturated heterocycles. The summed E-state index contributed by atoms with van der Waals surface area (Å²) in [5, 5.41) is 0.849. The summed E-state index contributed by atoms with van der Waals surface area (Å²) in [6.45, 7) is 3.09. The molecule has 0 amide bonds. The summed E-state index contributed by atoms with van der Waals surface area (Å²) in [5.41, 5.74) is 7.45. The van der Waals surface area contributed by atoms with Gasteiger partial charge in [-0.1, -0.05) is 11.8 Å². The van der Waals surface area contributed by atoms with E-state index in [1.165, 1.54) is 0 Å². The molecular weight excluding hydrogens is 196 g/mol. The van der Waals surface area contributed by atoms with Crippen LogP contribution in [0.2, 0.25) is 0 Å². The third-order valence-electron chi connectivity index (χ3n) is 2.47. The van der Waals surface area contributed by atoms with E-state index in [2.05, 4.69) is 27.7 Å². The predicted octanol–water partition coefficient (Wildman–Crippen LogP) is 0.778. The maximum atomic E-state index is 4.50. The molecule has 2 atom stereocenters. The van der Waals surface area contributed by atoms with Gasteiger partial charge in [0.25, 0.3) is 0 Å². The standard InChI is InChI=1S/C9H14N4S/c1-6-7(5-11-13-6)8-3-4-10-9(12-8)14-2/h3-4,6-7,11,13H,5H2,1-2H3. The zero-order chi connectivity index (χ0) is 9.97. The average molecular weight is 210 g/mol. The van der Waals surface area contributed by atoms with Crippen LogP contribution in [0.3, 0.4) is 0 Å². The van der Waals surface area contributed by atoms with E-state index in [-0.39, 0.29) is 0 Å². The number of hydrogen-bond donors (Lipinski definition) is 2. The Kier molecular flexibility index (Phi) is 3.00. The monoisotopic (exact) mass is 210 g/mol. The van der Waals surface area contributed by atoms with Crippen LogP contribution >= 0.6 is 11.8 Å². The molecule has 0 aliphatic carbocycles. The van der Waals surface area contributed by atoms with E-state index < -0.39 is 0 Å². The molecule has 1 aromatic heterocycles. The van der Waals surface area contributed by atoms with E-state index >= 15 is 0 Å². The van der Waals surface area contributed by atoms with Crippen LogP contribution in [0.5, 0.6) is 0 Å². The van der Waals surface area contributed by atoms with Crippen LogP contribution in [0, 0.1) is 0 Å². The second-order valence-electron chi connectivity index (χ2n) is 3.39. The summed E-state index contributed by atoms with van der Waals surface area (Å²) in [5.74, 6) is 0.448. The van der Waals surface area contributed by atoms with Gasteiger partial charge >= 0.3 is 0 Å². The summed E-state index contributed by atoms with van der Waals surface area (Å²) >= 11 is 1.58. The Balaban J connectivity index is 2.22. The minimum atomic E-state index is 0.430. The molecule has 5 heteroatoms. The van der Waals surface area contributed by atoms with Gasteiger partial charge < -0.3 is 0 Å². The third-order valence-corrected chi connectivity index (χ3v) is 3.03. The quantitative estimate of drug-likeness (QED) is 0.558. The van der Waals surface area contributed by atoms with Crippen molar-refractivity contribution in [1.29, 1.82) is 0 Å². The Morgan fingerprint density at radius 3 is 3.07 bits per heavy atom. The van der Waals surface area contributed by atoms with Gasteiger partial charge in [0.15, 0.2) is 5.16 Å². The van der Waals surface area contributed by atoms with Gasteiger partial charge in [0.1, 0.15) is 0 Å². The van der Waals surface area contributed by atoms with Crippen LogP contribution in [0.1, 0.15) is 18.5 Å². The Labute approximate surface area is 87.9 Å². The normalized spacial score (nSPS) is 26.7. The van der Waals surface area contributed by atoms with E-state index in [1.54, 1.807) is 11.8 Å². The predicted molar refractivity (Wildman–Crippen MR) is 57.2 cm³/mol. The lowest BCUT2D eigenvalue weighted by Crippen LogP contribution is -2.28. The lowest BCUT2D eigenvalue weighted by Gasteiger charge is -2.12. The van der Waals surface area contributed by atoms with Gasteiger partial charge in [-0.05, 0) is 19.2 Å². The van der Waals surface area contributed by atoms with Crippen molar-refractivity contribution < 1.29 is 0 Å². The number of hydrazine groups is 1. The van der Waals surface area contributed by atoms with Gasteiger partial charge in [-0.2, -0.15) is 0 Å². The minimum Gasteiger partial charge on any atom is -0.257 e. The van der Waals surface area contributed by atoms with Crippen LogP contribution in [0.4, 0.5) is 0 Å². The summed E-state index contributed by atoms with van der Waals surface area (Å²) in [6, 6.07) is 2.43. The Hall–Kier alpha value is -0.650. The van der Waals surface area contributed by atoms with E-state index in [4.69, 9.17) is 0 Å². The van der Waals surface area contributed by atoms with E-state index in [1.807, 2.05) is 18.5 Å². The average Bonchev–Trinajstić information content (AvgIpc) is 2.65. The highest BCUT2D eigenvalue weighted by Gasteiger charge is 2.25. The molecule has 1 aliphatic heterocycles. The van der Waals surface area contributed by atoms with E-state index in [0.29, 0.717) is 12.0 Å². The molecular formula is C9H14N4S. The van der Waals surface area contributed by atoms with Crippen molar-refractivity contribution in [2.75, 3.05) is 12.8 Å². The van der Waals surface area contributed by atoms with Crippen LogP contribution in [0.15, 0.2) is 17.4 Å². The minimum absolute atomic E-state index is 0.430. The van der Waals surface area contributed by atoms with E-state index in [0.717, 1.165) is 17.4 Å². The molecule has 2 heterocycles. The second kappa shape index (κ2) is 4.25. The van der Waals surface area contributed by atoms with Gasteiger partial charge in [-0.3, -0.25) is 10.9 Å². The SMILES string of the molecule is CSc1nccc(C2CNNC2C)n1. The topological polar surface area (TPSA) is 49.8 Å². The van der Waals surface area contributed by atoms with Gasteiger partial charge in [-0.25, -0.2) is 9.97 Å². The highest BCUT2D eigenvalue weighted by molar-refractivity contribution is 7.98. The molecule has 2 N–H and O–H groups in total. The van der Waals surface area contributed by atoms with Crippen LogP contribution in [-0.2, 0) is 0 Å². The fourth-order valence-corrected chi connectivity index (χ4v) is 1.99. The smallest absolute Gasteiger partial charge is 0.187 e. The maximum Gasteiger partial charge on any atom is 0.187 e. The maximum absolute atomic E-state index is 4.50. The Morgan fingerprint density at radius 2 is 2.43 bits per heavy atom. The zero-order valence-electron chi connectivity index (χ0n) is 8.32. The largest absolute Gasteiger partial charge is 0.257 e. The van der Waals surface area contributed by atoms with Crippen molar-refractivity contribution in [2.24, 2.45) is 0 Å². The Morgan fingerprint density at radius 1 is 1.57 bits per heavy atom. The van der Waals surface area contributed by atoms with Crippen LogP contribution < -0.4 is 10.9 Å². The molecule has 0 aromatic carbocycles. The number of nitrogens with one attached hydrogen (secondary N) is 2. The molecule has 1 fully saturated rings. The van der Waals surface area contributed by atoms with Gasteiger partial charge in [0.05, 0.1) is 5.69 Å². The third kappa shape index (κ3) is 1.89. The first kappa shape index (κ1) is 9.89. The molecule has 0 radical (unpaired) electrons. The molecule has 0 saturated carbocycles. The fraction of sp³-hybridized carbons (Fsp3) is 0.556. The fourth-order valence-electron chi connectivity index (χ4n) is 1.63. The molecule has 14 heavy (non-hydrogen) atoms. The number of aromatic nitrogens is 2. The Bertz CT molecular complexity index is 317. The van der Waals surface area contributed by atoms with Crippen molar-refractivity contribution in [3.8, 4) is 0 Å². The van der Waals surface area contributed by atoms with Crippen molar-refractivity contribution in [3.05, 3.63) is 18.0 Å². The molecule has 4 nitrogen and oxygen atoms in total. The molecule has 1 aromatic rings. The van der Waals surface area contributed by atoms with Crippen LogP contribution in [0.25, 0.3) is 0 Å². The van der Waals surface area contributed by atoms with Crippen molar-refractivity contribution in [3.63, 3.8) is 0 Å². The summed E-state index contributed by atoms with van der Waals surface area (Å²) in [7, 11) is 0. The highest BCUT2D eigenvalue weighted by atomic mass is 32.2.